The maximum absolute atomic E-state index is 6.71. The van der Waals surface area contributed by atoms with E-state index in [1.165, 1.54) is 71.3 Å². The van der Waals surface area contributed by atoms with Crippen LogP contribution in [0, 0.1) is 0 Å². The van der Waals surface area contributed by atoms with Crippen LogP contribution in [0.5, 0.6) is 0 Å². The number of hydrogen-bond acceptors (Lipinski definition) is 2. The summed E-state index contributed by atoms with van der Waals surface area (Å²) in [7, 11) is 0. The Hall–Kier alpha value is -7.42. The van der Waals surface area contributed by atoms with E-state index in [4.69, 9.17) is 4.42 Å². The summed E-state index contributed by atoms with van der Waals surface area (Å²) in [6.45, 7) is 4.78. The smallest absolute Gasteiger partial charge is 0.143 e. The second-order valence-corrected chi connectivity index (χ2v) is 16.4. The molecule has 1 heterocycles. The van der Waals surface area contributed by atoms with Crippen LogP contribution in [-0.4, -0.2) is 0 Å². The molecular formula is C57H39NO. The SMILES string of the molecule is CC1(C)c2cc(-c3c4ccccc4c(-c4cccc5c4oc4ccccc45)c4cc5ccccc5cc34)ccc2-c2ccc(N(c3ccccc3)c3ccccc3)cc21. The van der Waals surface area contributed by atoms with Gasteiger partial charge in [-0.05, 0) is 126 Å². The molecule has 1 aromatic heterocycles. The van der Waals surface area contributed by atoms with Crippen LogP contribution in [0.2, 0.25) is 0 Å². The van der Waals surface area contributed by atoms with Crippen molar-refractivity contribution in [3.05, 3.63) is 211 Å². The first-order valence-electron chi connectivity index (χ1n) is 20.5. The molecule has 12 rings (SSSR count). The molecule has 0 saturated carbocycles. The van der Waals surface area contributed by atoms with Gasteiger partial charge < -0.3 is 9.32 Å². The van der Waals surface area contributed by atoms with Crippen LogP contribution in [0.4, 0.5) is 17.1 Å². The number of para-hydroxylation sites is 4. The fourth-order valence-corrected chi connectivity index (χ4v) is 10.0. The first-order chi connectivity index (χ1) is 29.0. The van der Waals surface area contributed by atoms with Gasteiger partial charge in [-0.3, -0.25) is 0 Å². The molecule has 0 aliphatic heterocycles. The molecule has 1 aliphatic carbocycles. The van der Waals surface area contributed by atoms with Gasteiger partial charge >= 0.3 is 0 Å². The van der Waals surface area contributed by atoms with Crippen LogP contribution in [-0.2, 0) is 5.41 Å². The van der Waals surface area contributed by atoms with Crippen molar-refractivity contribution >= 4 is 71.3 Å². The molecule has 2 nitrogen and oxygen atoms in total. The summed E-state index contributed by atoms with van der Waals surface area (Å²) in [5.41, 5.74) is 15.1. The minimum Gasteiger partial charge on any atom is -0.455 e. The number of rotatable bonds is 5. The van der Waals surface area contributed by atoms with Crippen molar-refractivity contribution < 1.29 is 4.42 Å². The van der Waals surface area contributed by atoms with Crippen molar-refractivity contribution in [2.75, 3.05) is 4.90 Å². The minimum absolute atomic E-state index is 0.231. The number of hydrogen-bond donors (Lipinski definition) is 0. The highest BCUT2D eigenvalue weighted by atomic mass is 16.3. The summed E-state index contributed by atoms with van der Waals surface area (Å²) in [6.07, 6.45) is 0. The van der Waals surface area contributed by atoms with Crippen molar-refractivity contribution in [2.45, 2.75) is 19.3 Å². The van der Waals surface area contributed by atoms with Crippen LogP contribution < -0.4 is 4.90 Å². The van der Waals surface area contributed by atoms with Gasteiger partial charge in [-0.2, -0.15) is 0 Å². The average Bonchev–Trinajstić information content (AvgIpc) is 3.77. The molecule has 0 bridgehead atoms. The quantitative estimate of drug-likeness (QED) is 0.163. The van der Waals surface area contributed by atoms with E-state index in [9.17, 15) is 0 Å². The van der Waals surface area contributed by atoms with Gasteiger partial charge in [0.25, 0.3) is 0 Å². The Morgan fingerprint density at radius 2 is 0.915 bits per heavy atom. The van der Waals surface area contributed by atoms with Crippen molar-refractivity contribution in [1.29, 1.82) is 0 Å². The average molecular weight is 754 g/mol. The second-order valence-electron chi connectivity index (χ2n) is 16.4. The van der Waals surface area contributed by atoms with Crippen molar-refractivity contribution in [3.63, 3.8) is 0 Å². The Balaban J connectivity index is 1.08. The number of anilines is 3. The van der Waals surface area contributed by atoms with Crippen LogP contribution in [0.1, 0.15) is 25.0 Å². The fourth-order valence-electron chi connectivity index (χ4n) is 10.0. The number of nitrogens with zero attached hydrogens (tertiary/aromatic N) is 1. The van der Waals surface area contributed by atoms with E-state index in [0.717, 1.165) is 44.6 Å². The second kappa shape index (κ2) is 12.8. The molecule has 0 saturated heterocycles. The van der Waals surface area contributed by atoms with Gasteiger partial charge in [-0.25, -0.2) is 0 Å². The predicted octanol–water partition coefficient (Wildman–Crippen LogP) is 16.2. The van der Waals surface area contributed by atoms with E-state index < -0.39 is 0 Å². The van der Waals surface area contributed by atoms with E-state index in [1.807, 2.05) is 0 Å². The molecule has 11 aromatic rings. The lowest BCUT2D eigenvalue weighted by atomic mass is 9.80. The van der Waals surface area contributed by atoms with Gasteiger partial charge in [0.2, 0.25) is 0 Å². The summed E-state index contributed by atoms with van der Waals surface area (Å²) < 4.78 is 6.71. The molecule has 278 valence electrons. The van der Waals surface area contributed by atoms with E-state index >= 15 is 0 Å². The summed E-state index contributed by atoms with van der Waals surface area (Å²) in [6, 6.07) is 73.1. The molecule has 0 N–H and O–H groups in total. The Morgan fingerprint density at radius 1 is 0.373 bits per heavy atom. The van der Waals surface area contributed by atoms with Crippen LogP contribution >= 0.6 is 0 Å². The molecular weight excluding hydrogens is 715 g/mol. The summed E-state index contributed by atoms with van der Waals surface area (Å²) in [5.74, 6) is 0. The van der Waals surface area contributed by atoms with Gasteiger partial charge in [0.15, 0.2) is 0 Å². The zero-order valence-electron chi connectivity index (χ0n) is 32.9. The summed E-state index contributed by atoms with van der Waals surface area (Å²) in [4.78, 5) is 2.36. The van der Waals surface area contributed by atoms with Crippen LogP contribution in [0.25, 0.3) is 87.6 Å². The highest BCUT2D eigenvalue weighted by molar-refractivity contribution is 6.26. The van der Waals surface area contributed by atoms with Gasteiger partial charge in [-0.1, -0.05) is 153 Å². The highest BCUT2D eigenvalue weighted by Crippen LogP contribution is 2.53. The maximum Gasteiger partial charge on any atom is 0.143 e. The largest absolute Gasteiger partial charge is 0.455 e. The number of furan rings is 1. The minimum atomic E-state index is -0.231. The molecule has 0 amide bonds. The highest BCUT2D eigenvalue weighted by Gasteiger charge is 2.37. The molecule has 1 aliphatic rings. The monoisotopic (exact) mass is 753 g/mol. The summed E-state index contributed by atoms with van der Waals surface area (Å²) >= 11 is 0. The standard InChI is InChI=1S/C57H39NO/c1-57(2)51-34-38(28-30-42(51)43-31-29-41(35-52(43)57)58(39-18-5-3-6-19-39)40-20-7-4-8-21-40)54-45-23-11-12-24-46(45)55(50-33-37-17-10-9-16-36(37)32-49(50)54)48-26-15-25-47-44-22-13-14-27-53(44)59-56(47)48/h3-35H,1-2H3. The zero-order valence-corrected chi connectivity index (χ0v) is 32.9. The van der Waals surface area contributed by atoms with Gasteiger partial charge in [0.05, 0.1) is 0 Å². The van der Waals surface area contributed by atoms with Crippen molar-refractivity contribution in [3.8, 4) is 33.4 Å². The third-order valence-corrected chi connectivity index (χ3v) is 12.8. The molecule has 59 heavy (non-hydrogen) atoms. The van der Waals surface area contributed by atoms with E-state index in [2.05, 4.69) is 219 Å². The van der Waals surface area contributed by atoms with Gasteiger partial charge in [-0.15, -0.1) is 0 Å². The van der Waals surface area contributed by atoms with E-state index in [1.54, 1.807) is 0 Å². The zero-order chi connectivity index (χ0) is 39.2. The van der Waals surface area contributed by atoms with Crippen molar-refractivity contribution in [1.82, 2.24) is 0 Å². The Kier molecular flexibility index (Phi) is 7.31. The molecule has 0 unspecified atom stereocenters. The third-order valence-electron chi connectivity index (χ3n) is 12.8. The first kappa shape index (κ1) is 33.7. The molecule has 0 radical (unpaired) electrons. The van der Waals surface area contributed by atoms with E-state index in [-0.39, 0.29) is 5.41 Å². The Morgan fingerprint density at radius 3 is 1.61 bits per heavy atom. The lowest BCUT2D eigenvalue weighted by Gasteiger charge is -2.28. The van der Waals surface area contributed by atoms with Crippen molar-refractivity contribution in [2.24, 2.45) is 0 Å². The number of fused-ring (bicyclic) bond motifs is 9. The molecule has 0 spiro atoms. The van der Waals surface area contributed by atoms with Gasteiger partial charge in [0.1, 0.15) is 11.2 Å². The lowest BCUT2D eigenvalue weighted by molar-refractivity contribution is 0.660. The maximum atomic E-state index is 6.71. The molecule has 2 heteroatoms. The summed E-state index contributed by atoms with van der Waals surface area (Å²) in [5, 5.41) is 9.64. The van der Waals surface area contributed by atoms with E-state index in [0.29, 0.717) is 0 Å². The molecule has 0 fully saturated rings. The van der Waals surface area contributed by atoms with Crippen LogP contribution in [0.15, 0.2) is 205 Å². The molecule has 0 atom stereocenters. The lowest BCUT2D eigenvalue weighted by Crippen LogP contribution is -2.16. The molecule has 10 aromatic carbocycles. The van der Waals surface area contributed by atoms with Gasteiger partial charge in [0, 0.05) is 44.4 Å². The topological polar surface area (TPSA) is 16.4 Å². The van der Waals surface area contributed by atoms with Crippen LogP contribution in [0.3, 0.4) is 0 Å². The predicted molar refractivity (Wildman–Crippen MR) is 249 cm³/mol. The Bertz CT molecular complexity index is 3430. The first-order valence-corrected chi connectivity index (χ1v) is 20.5. The Labute approximate surface area is 343 Å². The third kappa shape index (κ3) is 5.06. The normalized spacial score (nSPS) is 13.1. The number of benzene rings is 10. The fraction of sp³-hybridized carbons (Fsp3) is 0.0526.